The molecule has 0 aliphatic carbocycles. The first kappa shape index (κ1) is 17.1. The van der Waals surface area contributed by atoms with E-state index in [4.69, 9.17) is 10.5 Å². The van der Waals surface area contributed by atoms with Crippen LogP contribution in [-0.2, 0) is 9.53 Å². The number of nitrogens with zero attached hydrogens (tertiary/aromatic N) is 1. The van der Waals surface area contributed by atoms with Crippen LogP contribution in [-0.4, -0.2) is 62.9 Å². The van der Waals surface area contributed by atoms with Crippen LogP contribution in [0.25, 0.3) is 0 Å². The van der Waals surface area contributed by atoms with E-state index < -0.39 is 24.7 Å². The van der Waals surface area contributed by atoms with Crippen LogP contribution in [0, 0.1) is 0 Å². The molecule has 0 fully saturated rings. The topological polar surface area (TPSA) is 67.6 Å². The number of amides is 1. The second kappa shape index (κ2) is 8.28. The van der Waals surface area contributed by atoms with Crippen molar-refractivity contribution in [2.45, 2.75) is 19.1 Å². The lowest BCUT2D eigenvalue weighted by atomic mass is 10.2. The van der Waals surface area contributed by atoms with E-state index in [-0.39, 0.29) is 19.6 Å². The van der Waals surface area contributed by atoms with Gasteiger partial charge in [0.1, 0.15) is 0 Å². The lowest BCUT2D eigenvalue weighted by Crippen LogP contribution is -2.50. The van der Waals surface area contributed by atoms with E-state index in [1.54, 1.807) is 0 Å². The molecule has 0 spiro atoms. The summed E-state index contributed by atoms with van der Waals surface area (Å²) in [5.41, 5.74) is 5.25. The normalized spacial score (nSPS) is 13.7. The fraction of sp³-hybridized carbons (Fsp3) is 0.900. The Kier molecular flexibility index (Phi) is 7.88. The van der Waals surface area contributed by atoms with Crippen LogP contribution in [0.4, 0.5) is 13.2 Å². The number of methoxy groups -OCH3 is 1. The van der Waals surface area contributed by atoms with E-state index >= 15 is 0 Å². The maximum atomic E-state index is 12.3. The zero-order valence-corrected chi connectivity index (χ0v) is 10.6. The third-order valence-electron chi connectivity index (χ3n) is 2.33. The van der Waals surface area contributed by atoms with E-state index in [2.05, 4.69) is 5.32 Å². The summed E-state index contributed by atoms with van der Waals surface area (Å²) in [5.74, 6) is -0.468. The Morgan fingerprint density at radius 2 is 2.11 bits per heavy atom. The molecule has 5 nitrogen and oxygen atoms in total. The number of carbonyl (C=O) groups is 1. The van der Waals surface area contributed by atoms with Crippen molar-refractivity contribution in [3.8, 4) is 0 Å². The Labute approximate surface area is 104 Å². The van der Waals surface area contributed by atoms with Crippen LogP contribution in [0.1, 0.15) is 6.92 Å². The van der Waals surface area contributed by atoms with Crippen molar-refractivity contribution in [1.29, 1.82) is 0 Å². The second-order valence-electron chi connectivity index (χ2n) is 3.83. The predicted octanol–water partition coefficient (Wildman–Crippen LogP) is -0.0395. The van der Waals surface area contributed by atoms with Crippen molar-refractivity contribution in [1.82, 2.24) is 10.2 Å². The molecule has 0 heterocycles. The van der Waals surface area contributed by atoms with Gasteiger partial charge in [0.05, 0.1) is 19.2 Å². The summed E-state index contributed by atoms with van der Waals surface area (Å²) in [4.78, 5) is 12.6. The van der Waals surface area contributed by atoms with E-state index in [9.17, 15) is 18.0 Å². The average Bonchev–Trinajstić information content (AvgIpc) is 2.26. The second-order valence-corrected chi connectivity index (χ2v) is 3.83. The molecule has 0 bridgehead atoms. The minimum atomic E-state index is -4.35. The first-order valence-corrected chi connectivity index (χ1v) is 5.59. The monoisotopic (exact) mass is 271 g/mol. The maximum absolute atomic E-state index is 12.3. The molecule has 1 amide bonds. The van der Waals surface area contributed by atoms with Crippen molar-refractivity contribution in [2.24, 2.45) is 5.73 Å². The van der Waals surface area contributed by atoms with Crippen molar-refractivity contribution in [3.63, 3.8) is 0 Å². The van der Waals surface area contributed by atoms with Crippen molar-refractivity contribution in [3.05, 3.63) is 0 Å². The molecule has 0 aliphatic heterocycles. The van der Waals surface area contributed by atoms with E-state index in [1.807, 2.05) is 0 Å². The third-order valence-corrected chi connectivity index (χ3v) is 2.33. The molecule has 0 aromatic carbocycles. The minimum absolute atomic E-state index is 0.0123. The minimum Gasteiger partial charge on any atom is -0.383 e. The number of carbonyl (C=O) groups excluding carboxylic acids is 1. The molecule has 1 atom stereocenters. The van der Waals surface area contributed by atoms with Crippen LogP contribution in [0.2, 0.25) is 0 Å². The van der Waals surface area contributed by atoms with Crippen molar-refractivity contribution < 1.29 is 22.7 Å². The average molecular weight is 271 g/mol. The zero-order chi connectivity index (χ0) is 14.2. The summed E-state index contributed by atoms with van der Waals surface area (Å²) in [6.07, 6.45) is -4.35. The van der Waals surface area contributed by atoms with E-state index in [0.717, 1.165) is 4.90 Å². The molecule has 3 N–H and O–H groups in total. The van der Waals surface area contributed by atoms with Gasteiger partial charge in [-0.1, -0.05) is 0 Å². The molecule has 1 unspecified atom stereocenters. The number of rotatable bonds is 8. The van der Waals surface area contributed by atoms with Crippen LogP contribution in [0.3, 0.4) is 0 Å². The number of alkyl halides is 3. The lowest BCUT2D eigenvalue weighted by Gasteiger charge is -2.28. The fourth-order valence-electron chi connectivity index (χ4n) is 1.40. The first-order chi connectivity index (χ1) is 8.31. The largest absolute Gasteiger partial charge is 0.401 e. The molecular formula is C10H20F3N3O2. The van der Waals surface area contributed by atoms with Crippen LogP contribution >= 0.6 is 0 Å². The highest BCUT2D eigenvalue weighted by atomic mass is 19.4. The molecule has 18 heavy (non-hydrogen) atoms. The van der Waals surface area contributed by atoms with Gasteiger partial charge in [-0.3, -0.25) is 9.69 Å². The Balaban J connectivity index is 4.35. The zero-order valence-electron chi connectivity index (χ0n) is 10.6. The van der Waals surface area contributed by atoms with Gasteiger partial charge in [0, 0.05) is 26.7 Å². The SMILES string of the molecule is COCCNC(=O)C(C)N(CCN)CC(F)(F)F. The number of hydrogen-bond acceptors (Lipinski definition) is 4. The third kappa shape index (κ3) is 7.46. The van der Waals surface area contributed by atoms with Crippen molar-refractivity contribution in [2.75, 3.05) is 39.9 Å². The highest BCUT2D eigenvalue weighted by Crippen LogP contribution is 2.17. The van der Waals surface area contributed by atoms with Gasteiger partial charge in [-0.05, 0) is 6.92 Å². The number of nitrogens with one attached hydrogen (secondary N) is 1. The Hall–Kier alpha value is -0.860. The summed E-state index contributed by atoms with van der Waals surface area (Å²) in [6.45, 7) is 0.924. The molecule has 0 saturated heterocycles. The molecule has 0 aromatic rings. The van der Waals surface area contributed by atoms with Gasteiger partial charge in [-0.15, -0.1) is 0 Å². The first-order valence-electron chi connectivity index (χ1n) is 5.59. The van der Waals surface area contributed by atoms with E-state index in [1.165, 1.54) is 14.0 Å². The summed E-state index contributed by atoms with van der Waals surface area (Å²) in [7, 11) is 1.47. The molecule has 8 heteroatoms. The van der Waals surface area contributed by atoms with Gasteiger partial charge in [0.2, 0.25) is 5.91 Å². The van der Waals surface area contributed by atoms with Crippen LogP contribution < -0.4 is 11.1 Å². The smallest absolute Gasteiger partial charge is 0.383 e. The number of nitrogens with two attached hydrogens (primary N) is 1. The quantitative estimate of drug-likeness (QED) is 0.608. The molecule has 108 valence electrons. The molecule has 0 rings (SSSR count). The van der Waals surface area contributed by atoms with Gasteiger partial charge in [-0.2, -0.15) is 13.2 Å². The van der Waals surface area contributed by atoms with Gasteiger partial charge in [0.25, 0.3) is 0 Å². The van der Waals surface area contributed by atoms with Crippen LogP contribution in [0.5, 0.6) is 0 Å². The summed E-state index contributed by atoms with van der Waals surface area (Å²) in [5, 5.41) is 2.49. The number of ether oxygens (including phenoxy) is 1. The molecule has 0 aliphatic rings. The van der Waals surface area contributed by atoms with Crippen molar-refractivity contribution >= 4 is 5.91 Å². The molecular weight excluding hydrogens is 251 g/mol. The van der Waals surface area contributed by atoms with E-state index in [0.29, 0.717) is 6.61 Å². The predicted molar refractivity (Wildman–Crippen MR) is 61.0 cm³/mol. The Morgan fingerprint density at radius 1 is 1.50 bits per heavy atom. The van der Waals surface area contributed by atoms with Crippen LogP contribution in [0.15, 0.2) is 0 Å². The summed E-state index contributed by atoms with van der Waals surface area (Å²) < 4.78 is 41.7. The Bertz CT molecular complexity index is 249. The highest BCUT2D eigenvalue weighted by molar-refractivity contribution is 5.81. The van der Waals surface area contributed by atoms with Gasteiger partial charge < -0.3 is 15.8 Å². The Morgan fingerprint density at radius 3 is 2.56 bits per heavy atom. The lowest BCUT2D eigenvalue weighted by molar-refractivity contribution is -0.154. The van der Waals surface area contributed by atoms with Gasteiger partial charge >= 0.3 is 6.18 Å². The number of halogens is 3. The highest BCUT2D eigenvalue weighted by Gasteiger charge is 2.34. The maximum Gasteiger partial charge on any atom is 0.401 e. The fourth-order valence-corrected chi connectivity index (χ4v) is 1.40. The molecule has 0 aromatic heterocycles. The van der Waals surface area contributed by atoms with Gasteiger partial charge in [-0.25, -0.2) is 0 Å². The summed E-state index contributed by atoms with van der Waals surface area (Å²) in [6, 6.07) is -0.882. The summed E-state index contributed by atoms with van der Waals surface area (Å²) >= 11 is 0. The number of hydrogen-bond donors (Lipinski definition) is 2. The standard InChI is InChI=1S/C10H20F3N3O2/c1-8(9(17)15-4-6-18-2)16(5-3-14)7-10(11,12)13/h8H,3-7,14H2,1-2H3,(H,15,17). The molecule has 0 saturated carbocycles. The molecule has 0 radical (unpaired) electrons. The van der Waals surface area contributed by atoms with Gasteiger partial charge in [0.15, 0.2) is 0 Å².